The van der Waals surface area contributed by atoms with Crippen LogP contribution in [0, 0.1) is 0 Å². The van der Waals surface area contributed by atoms with Gasteiger partial charge in [-0.2, -0.15) is 0 Å². The minimum absolute atomic E-state index is 0.887. The van der Waals surface area contributed by atoms with Gasteiger partial charge in [-0.1, -0.05) is 35.5 Å². The zero-order valence-electron chi connectivity index (χ0n) is 7.45. The fourth-order valence-electron chi connectivity index (χ4n) is 1.06. The van der Waals surface area contributed by atoms with Crippen molar-refractivity contribution in [3.05, 3.63) is 35.9 Å². The molecule has 0 amide bonds. The molecule has 2 nitrogen and oxygen atoms in total. The standard InChI is InChI=1S/C9H12BNO/c1-12-11-9(7-10)8-5-3-2-4-6-8/h2-6H,7,10H2,1H3/b11-9+. The Kier molecular flexibility index (Phi) is 3.39. The van der Waals surface area contributed by atoms with Crippen molar-refractivity contribution < 1.29 is 4.84 Å². The van der Waals surface area contributed by atoms with E-state index < -0.39 is 0 Å². The quantitative estimate of drug-likeness (QED) is 0.369. The number of nitrogens with zero attached hydrogens (tertiary/aromatic N) is 1. The predicted molar refractivity (Wildman–Crippen MR) is 53.3 cm³/mol. The highest BCUT2D eigenvalue weighted by atomic mass is 16.6. The van der Waals surface area contributed by atoms with Crippen molar-refractivity contribution in [2.45, 2.75) is 6.32 Å². The predicted octanol–water partition coefficient (Wildman–Crippen LogP) is 1.09. The maximum Gasteiger partial charge on any atom is 0.109 e. The molecule has 1 aromatic carbocycles. The third-order valence-corrected chi connectivity index (χ3v) is 1.64. The van der Waals surface area contributed by atoms with E-state index in [0.717, 1.165) is 17.6 Å². The highest BCUT2D eigenvalue weighted by molar-refractivity contribution is 6.25. The van der Waals surface area contributed by atoms with Crippen LogP contribution >= 0.6 is 0 Å². The lowest BCUT2D eigenvalue weighted by atomic mass is 9.95. The molecule has 0 unspecified atom stereocenters. The van der Waals surface area contributed by atoms with E-state index in [9.17, 15) is 0 Å². The summed E-state index contributed by atoms with van der Waals surface area (Å²) in [6.07, 6.45) is 0.887. The third-order valence-electron chi connectivity index (χ3n) is 1.64. The molecule has 0 aliphatic carbocycles. The van der Waals surface area contributed by atoms with Crippen molar-refractivity contribution in [3.8, 4) is 0 Å². The zero-order chi connectivity index (χ0) is 8.81. The van der Waals surface area contributed by atoms with Gasteiger partial charge in [0.1, 0.15) is 15.0 Å². The number of hydrogen-bond acceptors (Lipinski definition) is 2. The van der Waals surface area contributed by atoms with E-state index in [0.29, 0.717) is 0 Å². The van der Waals surface area contributed by atoms with Gasteiger partial charge in [-0.05, 0) is 11.9 Å². The maximum absolute atomic E-state index is 4.74. The second-order valence-corrected chi connectivity index (χ2v) is 2.44. The van der Waals surface area contributed by atoms with Crippen molar-refractivity contribution in [2.24, 2.45) is 5.16 Å². The summed E-state index contributed by atoms with van der Waals surface area (Å²) in [4.78, 5) is 4.74. The van der Waals surface area contributed by atoms with Crippen LogP contribution in [0.4, 0.5) is 0 Å². The van der Waals surface area contributed by atoms with E-state index in [2.05, 4.69) is 13.0 Å². The van der Waals surface area contributed by atoms with Crippen LogP contribution in [0.5, 0.6) is 0 Å². The highest BCUT2D eigenvalue weighted by Gasteiger charge is 1.98. The van der Waals surface area contributed by atoms with Crippen molar-refractivity contribution >= 4 is 13.6 Å². The molecule has 0 heterocycles. The topological polar surface area (TPSA) is 21.6 Å². The van der Waals surface area contributed by atoms with Crippen LogP contribution in [-0.4, -0.2) is 20.7 Å². The van der Waals surface area contributed by atoms with Gasteiger partial charge in [-0.25, -0.2) is 0 Å². The van der Waals surface area contributed by atoms with Crippen molar-refractivity contribution in [3.63, 3.8) is 0 Å². The van der Waals surface area contributed by atoms with Crippen LogP contribution in [-0.2, 0) is 4.84 Å². The second kappa shape index (κ2) is 4.60. The Morgan fingerprint density at radius 1 is 1.42 bits per heavy atom. The highest BCUT2D eigenvalue weighted by Crippen LogP contribution is 2.03. The van der Waals surface area contributed by atoms with Gasteiger partial charge >= 0.3 is 0 Å². The summed E-state index contributed by atoms with van der Waals surface area (Å²) in [5, 5.41) is 3.93. The van der Waals surface area contributed by atoms with Gasteiger partial charge in [-0.15, -0.1) is 0 Å². The summed E-state index contributed by atoms with van der Waals surface area (Å²) in [7, 11) is 3.63. The largest absolute Gasteiger partial charge is 0.399 e. The Labute approximate surface area is 73.6 Å². The van der Waals surface area contributed by atoms with Gasteiger partial charge in [0.2, 0.25) is 0 Å². The second-order valence-electron chi connectivity index (χ2n) is 2.44. The van der Waals surface area contributed by atoms with E-state index in [4.69, 9.17) is 4.84 Å². The lowest BCUT2D eigenvalue weighted by molar-refractivity contribution is 0.213. The number of hydrogen-bond donors (Lipinski definition) is 0. The molecule has 0 saturated carbocycles. The third kappa shape index (κ3) is 2.12. The Morgan fingerprint density at radius 3 is 2.58 bits per heavy atom. The summed E-state index contributed by atoms with van der Waals surface area (Å²) in [5.41, 5.74) is 2.11. The average molecular weight is 161 g/mol. The Bertz CT molecular complexity index is 258. The fraction of sp³-hybridized carbons (Fsp3) is 0.222. The Balaban J connectivity index is 2.88. The zero-order valence-corrected chi connectivity index (χ0v) is 7.45. The molecule has 3 heteroatoms. The maximum atomic E-state index is 4.74. The Morgan fingerprint density at radius 2 is 2.08 bits per heavy atom. The molecule has 0 aliphatic rings. The van der Waals surface area contributed by atoms with Crippen molar-refractivity contribution in [2.75, 3.05) is 7.11 Å². The van der Waals surface area contributed by atoms with Crippen LogP contribution < -0.4 is 0 Å². The summed E-state index contributed by atoms with van der Waals surface area (Å²) in [6, 6.07) is 10.0. The molecular formula is C9H12BNO. The number of rotatable bonds is 3. The Hall–Kier alpha value is -1.25. The number of oxime groups is 1. The van der Waals surface area contributed by atoms with Gasteiger partial charge in [0.15, 0.2) is 0 Å². The number of benzene rings is 1. The first kappa shape index (κ1) is 8.85. The van der Waals surface area contributed by atoms with Crippen LogP contribution in [0.1, 0.15) is 5.56 Å². The van der Waals surface area contributed by atoms with E-state index >= 15 is 0 Å². The molecular weight excluding hydrogens is 149 g/mol. The molecule has 1 aromatic rings. The van der Waals surface area contributed by atoms with E-state index in [1.807, 2.05) is 30.3 Å². The SMILES string of the molecule is BC/C(=N\OC)c1ccccc1. The molecule has 1 rings (SSSR count). The van der Waals surface area contributed by atoms with Gasteiger partial charge in [0, 0.05) is 0 Å². The van der Waals surface area contributed by atoms with E-state index in [1.54, 1.807) is 7.11 Å². The van der Waals surface area contributed by atoms with Gasteiger partial charge in [0.25, 0.3) is 0 Å². The van der Waals surface area contributed by atoms with Crippen molar-refractivity contribution in [1.82, 2.24) is 0 Å². The first-order valence-corrected chi connectivity index (χ1v) is 4.04. The lowest BCUT2D eigenvalue weighted by Gasteiger charge is -2.01. The minimum Gasteiger partial charge on any atom is -0.399 e. The average Bonchev–Trinajstić information content (AvgIpc) is 2.15. The lowest BCUT2D eigenvalue weighted by Crippen LogP contribution is -1.99. The molecule has 0 fully saturated rings. The molecule has 12 heavy (non-hydrogen) atoms. The van der Waals surface area contributed by atoms with Gasteiger partial charge in [0.05, 0.1) is 5.71 Å². The normalized spacial score (nSPS) is 11.2. The molecule has 0 aliphatic heterocycles. The fourth-order valence-corrected chi connectivity index (χ4v) is 1.06. The van der Waals surface area contributed by atoms with Crippen molar-refractivity contribution in [1.29, 1.82) is 0 Å². The first-order chi connectivity index (χ1) is 5.88. The monoisotopic (exact) mass is 161 g/mol. The first-order valence-electron chi connectivity index (χ1n) is 4.04. The summed E-state index contributed by atoms with van der Waals surface area (Å²) >= 11 is 0. The molecule has 0 N–H and O–H groups in total. The van der Waals surface area contributed by atoms with Crippen LogP contribution in [0.3, 0.4) is 0 Å². The smallest absolute Gasteiger partial charge is 0.109 e. The molecule has 0 atom stereocenters. The van der Waals surface area contributed by atoms with Gasteiger partial charge in [-0.3, -0.25) is 0 Å². The van der Waals surface area contributed by atoms with Crippen LogP contribution in [0.15, 0.2) is 35.5 Å². The van der Waals surface area contributed by atoms with Crippen LogP contribution in [0.25, 0.3) is 0 Å². The van der Waals surface area contributed by atoms with Crippen LogP contribution in [0.2, 0.25) is 6.32 Å². The summed E-state index contributed by atoms with van der Waals surface area (Å²) in [5.74, 6) is 0. The van der Waals surface area contributed by atoms with Gasteiger partial charge < -0.3 is 4.84 Å². The molecule has 0 aromatic heterocycles. The molecule has 0 saturated heterocycles. The molecule has 0 spiro atoms. The molecule has 0 bridgehead atoms. The minimum atomic E-state index is 0.887. The summed E-state index contributed by atoms with van der Waals surface area (Å²) in [6.45, 7) is 0. The van der Waals surface area contributed by atoms with E-state index in [-0.39, 0.29) is 0 Å². The molecule has 0 radical (unpaired) electrons. The summed E-state index contributed by atoms with van der Waals surface area (Å²) < 4.78 is 0. The molecule has 62 valence electrons. The van der Waals surface area contributed by atoms with E-state index in [1.165, 1.54) is 0 Å².